The minimum atomic E-state index is 0.0899. The molecule has 2 nitrogen and oxygen atoms in total. The molecule has 0 saturated carbocycles. The first-order valence-electron chi connectivity index (χ1n) is 6.03. The molecule has 3 rings (SSSR count). The summed E-state index contributed by atoms with van der Waals surface area (Å²) in [5.74, 6) is 0.0899. The largest absolute Gasteiger partial charge is 0.354 e. The Kier molecular flexibility index (Phi) is 2.99. The zero-order valence-corrected chi connectivity index (χ0v) is 12.0. The third-order valence-electron chi connectivity index (χ3n) is 3.19. The zero-order chi connectivity index (χ0) is 13.4. The van der Waals surface area contributed by atoms with Crippen LogP contribution in [0.4, 0.5) is 0 Å². The highest BCUT2D eigenvalue weighted by Gasteiger charge is 2.05. The van der Waals surface area contributed by atoms with Gasteiger partial charge in [0.1, 0.15) is 0 Å². The van der Waals surface area contributed by atoms with Gasteiger partial charge in [-0.05, 0) is 30.7 Å². The average Bonchev–Trinajstić information content (AvgIpc) is 2.81. The molecule has 2 aromatic carbocycles. The van der Waals surface area contributed by atoms with E-state index in [2.05, 4.69) is 39.1 Å². The quantitative estimate of drug-likeness (QED) is 0.677. The number of carbonyl (C=O) groups excluding carboxylic acids is 1. The molecule has 1 N–H and O–H groups in total. The molecule has 94 valence electrons. The van der Waals surface area contributed by atoms with Gasteiger partial charge in [0.25, 0.3) is 0 Å². The van der Waals surface area contributed by atoms with Crippen LogP contribution in [0.2, 0.25) is 0 Å². The Morgan fingerprint density at radius 1 is 1.05 bits per heavy atom. The summed E-state index contributed by atoms with van der Waals surface area (Å²) in [7, 11) is 0. The molecule has 0 amide bonds. The van der Waals surface area contributed by atoms with Crippen molar-refractivity contribution in [3.05, 3.63) is 58.6 Å². The van der Waals surface area contributed by atoms with Crippen LogP contribution in [0.25, 0.3) is 22.2 Å². The topological polar surface area (TPSA) is 32.9 Å². The van der Waals surface area contributed by atoms with Crippen molar-refractivity contribution >= 4 is 32.6 Å². The maximum Gasteiger partial charge on any atom is 0.159 e. The van der Waals surface area contributed by atoms with E-state index >= 15 is 0 Å². The number of H-pyrrole nitrogens is 1. The zero-order valence-electron chi connectivity index (χ0n) is 10.4. The second-order valence-electron chi connectivity index (χ2n) is 4.55. The van der Waals surface area contributed by atoms with Gasteiger partial charge in [-0.15, -0.1) is 0 Å². The highest BCUT2D eigenvalue weighted by molar-refractivity contribution is 9.10. The van der Waals surface area contributed by atoms with Crippen molar-refractivity contribution in [1.82, 2.24) is 4.98 Å². The molecule has 0 bridgehead atoms. The molecule has 3 heteroatoms. The molecule has 0 unspecified atom stereocenters. The number of fused-ring (bicyclic) bond motifs is 1. The molecule has 1 aromatic heterocycles. The molecule has 0 aliphatic carbocycles. The molecular formula is C16H12BrNO. The summed E-state index contributed by atoms with van der Waals surface area (Å²) in [6.07, 6.45) is 0. The lowest BCUT2D eigenvalue weighted by molar-refractivity contribution is 0.101. The van der Waals surface area contributed by atoms with Crippen LogP contribution in [-0.2, 0) is 0 Å². The van der Waals surface area contributed by atoms with Gasteiger partial charge < -0.3 is 4.98 Å². The van der Waals surface area contributed by atoms with E-state index in [-0.39, 0.29) is 5.78 Å². The first kappa shape index (κ1) is 12.2. The summed E-state index contributed by atoms with van der Waals surface area (Å²) in [6.45, 7) is 1.58. The lowest BCUT2D eigenvalue weighted by atomic mass is 10.1. The molecule has 0 aliphatic rings. The van der Waals surface area contributed by atoms with Crippen molar-refractivity contribution in [3.63, 3.8) is 0 Å². The molecule has 0 saturated heterocycles. The van der Waals surface area contributed by atoms with E-state index in [1.165, 1.54) is 5.39 Å². The summed E-state index contributed by atoms with van der Waals surface area (Å²) >= 11 is 3.47. The highest BCUT2D eigenvalue weighted by atomic mass is 79.9. The number of aromatic amines is 1. The fraction of sp³-hybridized carbons (Fsp3) is 0.0625. The van der Waals surface area contributed by atoms with Gasteiger partial charge in [-0.3, -0.25) is 4.79 Å². The Hall–Kier alpha value is -1.87. The summed E-state index contributed by atoms with van der Waals surface area (Å²) in [4.78, 5) is 14.6. The molecule has 19 heavy (non-hydrogen) atoms. The molecule has 0 radical (unpaired) electrons. The van der Waals surface area contributed by atoms with Crippen LogP contribution < -0.4 is 0 Å². The van der Waals surface area contributed by atoms with Crippen molar-refractivity contribution in [1.29, 1.82) is 0 Å². The van der Waals surface area contributed by atoms with Crippen molar-refractivity contribution in [2.45, 2.75) is 6.92 Å². The Labute approximate surface area is 119 Å². The van der Waals surface area contributed by atoms with Gasteiger partial charge in [-0.25, -0.2) is 0 Å². The number of rotatable bonds is 2. The fourth-order valence-electron chi connectivity index (χ4n) is 2.14. The van der Waals surface area contributed by atoms with Crippen molar-refractivity contribution in [3.8, 4) is 11.3 Å². The second kappa shape index (κ2) is 4.67. The Morgan fingerprint density at radius 2 is 1.79 bits per heavy atom. The Morgan fingerprint density at radius 3 is 2.47 bits per heavy atom. The minimum Gasteiger partial charge on any atom is -0.354 e. The molecule has 0 fully saturated rings. The van der Waals surface area contributed by atoms with Gasteiger partial charge in [0, 0.05) is 26.6 Å². The van der Waals surface area contributed by atoms with Gasteiger partial charge in [0.2, 0.25) is 0 Å². The lowest BCUT2D eigenvalue weighted by Gasteiger charge is -1.99. The number of Topliss-reactive ketones (excluding diaryl/α,β-unsaturated/α-hetero) is 1. The normalized spacial score (nSPS) is 10.8. The lowest BCUT2D eigenvalue weighted by Crippen LogP contribution is -1.90. The average molecular weight is 314 g/mol. The molecule has 1 heterocycles. The van der Waals surface area contributed by atoms with Crippen molar-refractivity contribution in [2.24, 2.45) is 0 Å². The number of aromatic nitrogens is 1. The number of hydrogen-bond donors (Lipinski definition) is 1. The van der Waals surface area contributed by atoms with E-state index in [0.29, 0.717) is 0 Å². The smallest absolute Gasteiger partial charge is 0.159 e. The molecule has 3 aromatic rings. The second-order valence-corrected chi connectivity index (χ2v) is 5.46. The molecule has 0 atom stereocenters. The van der Waals surface area contributed by atoms with E-state index in [1.807, 2.05) is 30.3 Å². The number of halogens is 1. The van der Waals surface area contributed by atoms with Gasteiger partial charge >= 0.3 is 0 Å². The molecule has 0 spiro atoms. The predicted molar refractivity (Wildman–Crippen MR) is 81.4 cm³/mol. The summed E-state index contributed by atoms with van der Waals surface area (Å²) < 4.78 is 1.06. The fourth-order valence-corrected chi connectivity index (χ4v) is 2.50. The Balaban J connectivity index is 2.06. The molecule has 0 aliphatic heterocycles. The van der Waals surface area contributed by atoms with Crippen LogP contribution in [0, 0.1) is 0 Å². The predicted octanol–water partition coefficient (Wildman–Crippen LogP) is 4.80. The van der Waals surface area contributed by atoms with Crippen LogP contribution in [-0.4, -0.2) is 10.8 Å². The molecular weight excluding hydrogens is 302 g/mol. The maximum absolute atomic E-state index is 11.3. The summed E-state index contributed by atoms with van der Waals surface area (Å²) in [5.41, 5.74) is 3.98. The number of hydrogen-bond acceptors (Lipinski definition) is 1. The van der Waals surface area contributed by atoms with Gasteiger partial charge in [-0.1, -0.05) is 46.3 Å². The van der Waals surface area contributed by atoms with Crippen molar-refractivity contribution in [2.75, 3.05) is 0 Å². The van der Waals surface area contributed by atoms with E-state index < -0.39 is 0 Å². The van der Waals surface area contributed by atoms with Crippen LogP contribution in [0.1, 0.15) is 17.3 Å². The first-order chi connectivity index (χ1) is 9.13. The van der Waals surface area contributed by atoms with Gasteiger partial charge in [-0.2, -0.15) is 0 Å². The first-order valence-corrected chi connectivity index (χ1v) is 6.82. The van der Waals surface area contributed by atoms with E-state index in [0.717, 1.165) is 26.8 Å². The van der Waals surface area contributed by atoms with Crippen LogP contribution in [0.5, 0.6) is 0 Å². The van der Waals surface area contributed by atoms with Crippen molar-refractivity contribution < 1.29 is 4.79 Å². The van der Waals surface area contributed by atoms with E-state index in [1.54, 1.807) is 6.92 Å². The standard InChI is InChI=1S/C16H12BrNO/c1-10(19)11-2-4-12(5-3-11)15-8-13-6-7-14(17)9-16(13)18-15/h2-9,18H,1H3. The number of carbonyl (C=O) groups is 1. The SMILES string of the molecule is CC(=O)c1ccc(-c2cc3ccc(Br)cc3[nH]2)cc1. The van der Waals surface area contributed by atoms with Crippen LogP contribution in [0.15, 0.2) is 53.0 Å². The summed E-state index contributed by atoms with van der Waals surface area (Å²) in [6, 6.07) is 15.9. The van der Waals surface area contributed by atoms with Gasteiger partial charge in [0.15, 0.2) is 5.78 Å². The number of nitrogens with one attached hydrogen (secondary N) is 1. The minimum absolute atomic E-state index is 0.0899. The van der Waals surface area contributed by atoms with Gasteiger partial charge in [0.05, 0.1) is 0 Å². The number of ketones is 1. The van der Waals surface area contributed by atoms with Crippen LogP contribution in [0.3, 0.4) is 0 Å². The van der Waals surface area contributed by atoms with E-state index in [9.17, 15) is 4.79 Å². The Bertz CT molecular complexity index is 756. The van der Waals surface area contributed by atoms with Crippen LogP contribution >= 0.6 is 15.9 Å². The third-order valence-corrected chi connectivity index (χ3v) is 3.68. The third kappa shape index (κ3) is 2.34. The number of benzene rings is 2. The highest BCUT2D eigenvalue weighted by Crippen LogP contribution is 2.26. The monoisotopic (exact) mass is 313 g/mol. The maximum atomic E-state index is 11.3. The van der Waals surface area contributed by atoms with E-state index in [4.69, 9.17) is 0 Å². The summed E-state index contributed by atoms with van der Waals surface area (Å²) in [5, 5.41) is 1.17.